The number of benzene rings is 1. The van der Waals surface area contributed by atoms with Gasteiger partial charge in [-0.3, -0.25) is 9.59 Å². The summed E-state index contributed by atoms with van der Waals surface area (Å²) in [5, 5.41) is 3.81. The number of hydrogen-bond acceptors (Lipinski definition) is 4. The van der Waals surface area contributed by atoms with Gasteiger partial charge in [0.2, 0.25) is 11.8 Å². The first-order valence-electron chi connectivity index (χ1n) is 9.97. The lowest BCUT2D eigenvalue weighted by Crippen LogP contribution is -2.46. The molecule has 2 aliphatic rings. The Bertz CT molecular complexity index is 844. The van der Waals surface area contributed by atoms with Crippen LogP contribution in [0.15, 0.2) is 47.1 Å². The largest absolute Gasteiger partial charge is 0.467 e. The molecule has 2 saturated heterocycles. The molecular weight excluding hydrogens is 392 g/mol. The zero-order valence-electron chi connectivity index (χ0n) is 16.2. The Labute approximate surface area is 175 Å². The highest BCUT2D eigenvalue weighted by Crippen LogP contribution is 2.35. The second kappa shape index (κ2) is 8.59. The molecule has 0 aliphatic carbocycles. The fourth-order valence-corrected chi connectivity index (χ4v) is 4.35. The van der Waals surface area contributed by atoms with Crippen molar-refractivity contribution in [3.8, 4) is 0 Å². The van der Waals surface area contributed by atoms with Crippen LogP contribution in [0.4, 0.5) is 0 Å². The van der Waals surface area contributed by atoms with Gasteiger partial charge in [0.25, 0.3) is 0 Å². The zero-order chi connectivity index (χ0) is 20.3. The molecule has 0 spiro atoms. The summed E-state index contributed by atoms with van der Waals surface area (Å²) in [4.78, 5) is 26.8. The van der Waals surface area contributed by atoms with Crippen LogP contribution in [0.25, 0.3) is 0 Å². The molecule has 7 heteroatoms. The van der Waals surface area contributed by atoms with E-state index < -0.39 is 0 Å². The molecule has 0 bridgehead atoms. The predicted octanol–water partition coefficient (Wildman–Crippen LogP) is 3.15. The van der Waals surface area contributed by atoms with Gasteiger partial charge in [0.15, 0.2) is 0 Å². The van der Waals surface area contributed by atoms with E-state index in [0.717, 1.165) is 24.2 Å². The van der Waals surface area contributed by atoms with Gasteiger partial charge in [-0.15, -0.1) is 0 Å². The fraction of sp³-hybridized carbons (Fsp3) is 0.455. The third kappa shape index (κ3) is 4.49. The van der Waals surface area contributed by atoms with Crippen LogP contribution >= 0.6 is 11.6 Å². The first kappa shape index (κ1) is 20.0. The number of nitrogens with one attached hydrogen (secondary N) is 1. The van der Waals surface area contributed by atoms with E-state index in [2.05, 4.69) is 5.32 Å². The van der Waals surface area contributed by atoms with Crippen molar-refractivity contribution in [2.24, 2.45) is 5.92 Å². The number of hydrogen-bond donors (Lipinski definition) is 1. The Kier molecular flexibility index (Phi) is 5.92. The summed E-state index contributed by atoms with van der Waals surface area (Å²) < 4.78 is 10.9. The molecule has 1 N–H and O–H groups in total. The van der Waals surface area contributed by atoms with Gasteiger partial charge in [-0.2, -0.15) is 0 Å². The molecule has 2 amide bonds. The van der Waals surface area contributed by atoms with Gasteiger partial charge in [0.1, 0.15) is 5.76 Å². The lowest BCUT2D eigenvalue weighted by atomic mass is 9.74. The van der Waals surface area contributed by atoms with Gasteiger partial charge in [-0.1, -0.05) is 23.7 Å². The van der Waals surface area contributed by atoms with E-state index in [1.54, 1.807) is 17.2 Å². The molecule has 1 aromatic heterocycles. The van der Waals surface area contributed by atoms with Crippen LogP contribution in [0.2, 0.25) is 5.02 Å². The number of carbonyl (C=O) groups excluding carboxylic acids is 2. The Balaban J connectivity index is 1.39. The third-order valence-electron chi connectivity index (χ3n) is 6.02. The summed E-state index contributed by atoms with van der Waals surface area (Å²) in [6.07, 6.45) is 3.50. The summed E-state index contributed by atoms with van der Waals surface area (Å²) in [6.45, 7) is 2.68. The second-order valence-corrected chi connectivity index (χ2v) is 8.31. The van der Waals surface area contributed by atoms with E-state index in [0.29, 0.717) is 37.9 Å². The maximum atomic E-state index is 12.8. The average Bonchev–Trinajstić information content (AvgIpc) is 3.38. The molecule has 1 aromatic carbocycles. The molecule has 4 rings (SSSR count). The minimum absolute atomic E-state index is 0.0139. The number of ether oxygens (including phenoxy) is 1. The minimum Gasteiger partial charge on any atom is -0.467 e. The smallest absolute Gasteiger partial charge is 0.225 e. The predicted molar refractivity (Wildman–Crippen MR) is 108 cm³/mol. The standard InChI is InChI=1S/C22H25ClN2O4/c23-18-5-3-17(4-6-18)22(7-10-28-11-8-22)15-24-21(27)16-12-20(26)25(13-16)14-19-2-1-9-29-19/h1-6,9,16H,7-8,10-15H2,(H,24,27). The average molecular weight is 417 g/mol. The van der Waals surface area contributed by atoms with Crippen molar-refractivity contribution in [3.63, 3.8) is 0 Å². The van der Waals surface area contributed by atoms with Crippen molar-refractivity contribution in [1.82, 2.24) is 10.2 Å². The molecule has 6 nitrogen and oxygen atoms in total. The number of amides is 2. The Morgan fingerprint density at radius 2 is 1.97 bits per heavy atom. The van der Waals surface area contributed by atoms with E-state index in [1.807, 2.05) is 30.3 Å². The first-order chi connectivity index (χ1) is 14.1. The highest BCUT2D eigenvalue weighted by Gasteiger charge is 2.38. The van der Waals surface area contributed by atoms with Crippen molar-refractivity contribution in [3.05, 3.63) is 59.0 Å². The molecule has 2 aromatic rings. The summed E-state index contributed by atoms with van der Waals surface area (Å²) in [7, 11) is 0. The van der Waals surface area contributed by atoms with Crippen molar-refractivity contribution in [2.45, 2.75) is 31.2 Å². The first-order valence-corrected chi connectivity index (χ1v) is 10.4. The quantitative estimate of drug-likeness (QED) is 0.785. The van der Waals surface area contributed by atoms with Crippen LogP contribution in [-0.2, 0) is 26.3 Å². The third-order valence-corrected chi connectivity index (χ3v) is 6.27. The second-order valence-electron chi connectivity index (χ2n) is 7.87. The molecule has 2 aliphatic heterocycles. The monoisotopic (exact) mass is 416 g/mol. The normalized spacial score (nSPS) is 21.3. The Morgan fingerprint density at radius 3 is 2.66 bits per heavy atom. The lowest BCUT2D eigenvalue weighted by molar-refractivity contribution is -0.129. The SMILES string of the molecule is O=C(NCC1(c2ccc(Cl)cc2)CCOCC1)C1CC(=O)N(Cc2ccco2)C1. The minimum atomic E-state index is -0.334. The molecule has 154 valence electrons. The van der Waals surface area contributed by atoms with E-state index in [1.165, 1.54) is 0 Å². The molecule has 1 unspecified atom stereocenters. The van der Waals surface area contributed by atoms with E-state index in [9.17, 15) is 9.59 Å². The molecular formula is C22H25ClN2O4. The maximum absolute atomic E-state index is 12.8. The number of rotatable bonds is 6. The van der Waals surface area contributed by atoms with E-state index in [4.69, 9.17) is 20.8 Å². The molecule has 0 saturated carbocycles. The zero-order valence-corrected chi connectivity index (χ0v) is 17.0. The molecule has 1 atom stereocenters. The van der Waals surface area contributed by atoms with Crippen LogP contribution < -0.4 is 5.32 Å². The van der Waals surface area contributed by atoms with Crippen LogP contribution in [-0.4, -0.2) is 43.0 Å². The van der Waals surface area contributed by atoms with Crippen molar-refractivity contribution in [2.75, 3.05) is 26.3 Å². The summed E-state index contributed by atoms with van der Waals surface area (Å²) in [6, 6.07) is 11.5. The molecule has 0 radical (unpaired) electrons. The maximum Gasteiger partial charge on any atom is 0.225 e. The van der Waals surface area contributed by atoms with E-state index in [-0.39, 0.29) is 29.6 Å². The van der Waals surface area contributed by atoms with Gasteiger partial charge < -0.3 is 19.4 Å². The highest BCUT2D eigenvalue weighted by atomic mass is 35.5. The van der Waals surface area contributed by atoms with Gasteiger partial charge >= 0.3 is 0 Å². The van der Waals surface area contributed by atoms with Crippen molar-refractivity contribution in [1.29, 1.82) is 0 Å². The summed E-state index contributed by atoms with van der Waals surface area (Å²) >= 11 is 6.05. The van der Waals surface area contributed by atoms with Gasteiger partial charge in [-0.25, -0.2) is 0 Å². The van der Waals surface area contributed by atoms with Crippen LogP contribution in [0.1, 0.15) is 30.6 Å². The van der Waals surface area contributed by atoms with E-state index >= 15 is 0 Å². The number of nitrogens with zero attached hydrogens (tertiary/aromatic N) is 1. The molecule has 2 fully saturated rings. The van der Waals surface area contributed by atoms with Crippen molar-refractivity contribution < 1.29 is 18.7 Å². The Morgan fingerprint density at radius 1 is 1.21 bits per heavy atom. The van der Waals surface area contributed by atoms with Gasteiger partial charge in [-0.05, 0) is 42.7 Å². The topological polar surface area (TPSA) is 71.8 Å². The van der Waals surface area contributed by atoms with Crippen LogP contribution in [0.3, 0.4) is 0 Å². The number of likely N-dealkylation sites (tertiary alicyclic amines) is 1. The summed E-state index contributed by atoms with van der Waals surface area (Å²) in [5.74, 6) is 0.308. The lowest BCUT2D eigenvalue weighted by Gasteiger charge is -2.38. The fourth-order valence-electron chi connectivity index (χ4n) is 4.23. The van der Waals surface area contributed by atoms with Gasteiger partial charge in [0.05, 0.1) is 18.7 Å². The Hall–Kier alpha value is -2.31. The number of carbonyl (C=O) groups is 2. The molecule has 29 heavy (non-hydrogen) atoms. The van der Waals surface area contributed by atoms with Crippen LogP contribution in [0, 0.1) is 5.92 Å². The molecule has 3 heterocycles. The van der Waals surface area contributed by atoms with Crippen LogP contribution in [0.5, 0.6) is 0 Å². The number of furan rings is 1. The highest BCUT2D eigenvalue weighted by molar-refractivity contribution is 6.30. The van der Waals surface area contributed by atoms with Crippen molar-refractivity contribution >= 4 is 23.4 Å². The number of halogens is 1. The van der Waals surface area contributed by atoms with Gasteiger partial charge in [0, 0.05) is 43.2 Å². The summed E-state index contributed by atoms with van der Waals surface area (Å²) in [5.41, 5.74) is 0.988.